The van der Waals surface area contributed by atoms with Gasteiger partial charge in [-0.25, -0.2) is 9.97 Å². The number of rotatable bonds is 2. The summed E-state index contributed by atoms with van der Waals surface area (Å²) in [6.45, 7) is -0.100. The molecular formula is C5H7N3O. The van der Waals surface area contributed by atoms with Crippen LogP contribution in [0.15, 0.2) is 18.6 Å². The van der Waals surface area contributed by atoms with Crippen molar-refractivity contribution in [1.82, 2.24) is 9.97 Å². The summed E-state index contributed by atoms with van der Waals surface area (Å²) < 4.78 is 0. The minimum atomic E-state index is -0.100. The van der Waals surface area contributed by atoms with Gasteiger partial charge in [0.15, 0.2) is 0 Å². The summed E-state index contributed by atoms with van der Waals surface area (Å²) in [4.78, 5) is 7.48. The third-order valence-corrected chi connectivity index (χ3v) is 0.842. The van der Waals surface area contributed by atoms with Crippen LogP contribution < -0.4 is 5.32 Å². The smallest absolute Gasteiger partial charge is 0.131 e. The molecule has 48 valence electrons. The third kappa shape index (κ3) is 1.65. The zero-order chi connectivity index (χ0) is 6.53. The van der Waals surface area contributed by atoms with Gasteiger partial charge in [-0.15, -0.1) is 0 Å². The Hall–Kier alpha value is -1.16. The fraction of sp³-hybridized carbons (Fsp3) is 0.200. The van der Waals surface area contributed by atoms with Gasteiger partial charge < -0.3 is 10.4 Å². The van der Waals surface area contributed by atoms with Crippen LogP contribution in [0.1, 0.15) is 0 Å². The molecule has 0 saturated heterocycles. The van der Waals surface area contributed by atoms with Crippen molar-refractivity contribution >= 4 is 5.82 Å². The molecule has 0 fully saturated rings. The Labute approximate surface area is 52.6 Å². The monoisotopic (exact) mass is 125 g/mol. The summed E-state index contributed by atoms with van der Waals surface area (Å²) in [6, 6.07) is 1.68. The molecule has 0 aliphatic carbocycles. The Morgan fingerprint density at radius 2 is 2.56 bits per heavy atom. The topological polar surface area (TPSA) is 58.0 Å². The van der Waals surface area contributed by atoms with Gasteiger partial charge in [0, 0.05) is 6.20 Å². The van der Waals surface area contributed by atoms with Gasteiger partial charge in [0.1, 0.15) is 18.9 Å². The molecule has 1 aromatic rings. The highest BCUT2D eigenvalue weighted by molar-refractivity contribution is 5.30. The van der Waals surface area contributed by atoms with Crippen LogP contribution in [0.2, 0.25) is 0 Å². The van der Waals surface area contributed by atoms with E-state index in [-0.39, 0.29) is 6.73 Å². The lowest BCUT2D eigenvalue weighted by Gasteiger charge is -1.96. The summed E-state index contributed by atoms with van der Waals surface area (Å²) in [5, 5.41) is 11.0. The Bertz CT molecular complexity index is 165. The standard InChI is InChI=1S/C5H7N3O/c9-4-8-5-1-2-6-3-7-5/h1-3,9H,4H2,(H,6,7,8). The van der Waals surface area contributed by atoms with Crippen LogP contribution in [0.4, 0.5) is 5.82 Å². The van der Waals surface area contributed by atoms with Crippen molar-refractivity contribution in [2.75, 3.05) is 12.0 Å². The van der Waals surface area contributed by atoms with Crippen LogP contribution in [0.3, 0.4) is 0 Å². The summed E-state index contributed by atoms with van der Waals surface area (Å²) in [5.41, 5.74) is 0. The maximum Gasteiger partial charge on any atom is 0.131 e. The number of nitrogens with one attached hydrogen (secondary N) is 1. The van der Waals surface area contributed by atoms with Crippen LogP contribution >= 0.6 is 0 Å². The molecular weight excluding hydrogens is 118 g/mol. The average molecular weight is 125 g/mol. The zero-order valence-electron chi connectivity index (χ0n) is 4.78. The molecule has 1 heterocycles. The van der Waals surface area contributed by atoms with Gasteiger partial charge in [0.25, 0.3) is 0 Å². The molecule has 4 nitrogen and oxygen atoms in total. The normalized spacial score (nSPS) is 9.00. The van der Waals surface area contributed by atoms with Gasteiger partial charge in [-0.3, -0.25) is 0 Å². The maximum absolute atomic E-state index is 8.35. The molecule has 0 bridgehead atoms. The second-order valence-electron chi connectivity index (χ2n) is 1.43. The Balaban J connectivity index is 2.61. The molecule has 0 saturated carbocycles. The lowest BCUT2D eigenvalue weighted by molar-refractivity contribution is 0.325. The first-order valence-electron chi connectivity index (χ1n) is 2.54. The van der Waals surface area contributed by atoms with E-state index in [0.717, 1.165) is 0 Å². The number of hydrogen-bond donors (Lipinski definition) is 2. The molecule has 0 unspecified atom stereocenters. The lowest BCUT2D eigenvalue weighted by Crippen LogP contribution is -2.00. The average Bonchev–Trinajstić information content (AvgIpc) is 1.91. The lowest BCUT2D eigenvalue weighted by atomic mass is 10.6. The largest absolute Gasteiger partial charge is 0.377 e. The number of aliphatic hydroxyl groups excluding tert-OH is 1. The summed E-state index contributed by atoms with van der Waals surface area (Å²) in [6.07, 6.45) is 3.02. The van der Waals surface area contributed by atoms with E-state index in [4.69, 9.17) is 5.11 Å². The van der Waals surface area contributed by atoms with Crippen LogP contribution in [-0.4, -0.2) is 21.8 Å². The van der Waals surface area contributed by atoms with Crippen LogP contribution in [0.25, 0.3) is 0 Å². The number of nitrogens with zero attached hydrogens (tertiary/aromatic N) is 2. The SMILES string of the molecule is OCNc1ccncn1. The molecule has 1 aromatic heterocycles. The molecule has 0 aliphatic rings. The predicted octanol–water partition coefficient (Wildman–Crippen LogP) is -0.162. The predicted molar refractivity (Wildman–Crippen MR) is 32.7 cm³/mol. The second-order valence-corrected chi connectivity index (χ2v) is 1.43. The fourth-order valence-corrected chi connectivity index (χ4v) is 0.476. The van der Waals surface area contributed by atoms with Gasteiger partial charge in [-0.2, -0.15) is 0 Å². The van der Waals surface area contributed by atoms with Crippen LogP contribution in [0.5, 0.6) is 0 Å². The van der Waals surface area contributed by atoms with Crippen molar-refractivity contribution in [3.63, 3.8) is 0 Å². The third-order valence-electron chi connectivity index (χ3n) is 0.842. The van der Waals surface area contributed by atoms with Crippen molar-refractivity contribution < 1.29 is 5.11 Å². The summed E-state index contributed by atoms with van der Waals surface area (Å²) in [5.74, 6) is 0.632. The van der Waals surface area contributed by atoms with E-state index >= 15 is 0 Å². The van der Waals surface area contributed by atoms with E-state index < -0.39 is 0 Å². The first kappa shape index (κ1) is 5.97. The maximum atomic E-state index is 8.35. The molecule has 0 aliphatic heterocycles. The van der Waals surface area contributed by atoms with Crippen LogP contribution in [0, 0.1) is 0 Å². The molecule has 0 atom stereocenters. The highest BCUT2D eigenvalue weighted by Gasteiger charge is 1.84. The van der Waals surface area contributed by atoms with Crippen LogP contribution in [-0.2, 0) is 0 Å². The van der Waals surface area contributed by atoms with Crippen molar-refractivity contribution in [2.24, 2.45) is 0 Å². The van der Waals surface area contributed by atoms with E-state index in [2.05, 4.69) is 15.3 Å². The Morgan fingerprint density at radius 1 is 1.67 bits per heavy atom. The summed E-state index contributed by atoms with van der Waals surface area (Å²) in [7, 11) is 0. The van der Waals surface area contributed by atoms with Crippen molar-refractivity contribution in [2.45, 2.75) is 0 Å². The fourth-order valence-electron chi connectivity index (χ4n) is 0.476. The second kappa shape index (κ2) is 2.99. The minimum absolute atomic E-state index is 0.100. The first-order valence-corrected chi connectivity index (χ1v) is 2.54. The highest BCUT2D eigenvalue weighted by atomic mass is 16.3. The van der Waals surface area contributed by atoms with Gasteiger partial charge in [-0.05, 0) is 6.07 Å². The van der Waals surface area contributed by atoms with Crippen molar-refractivity contribution in [3.05, 3.63) is 18.6 Å². The highest BCUT2D eigenvalue weighted by Crippen LogP contribution is 1.94. The molecule has 0 amide bonds. The first-order chi connectivity index (χ1) is 4.43. The Morgan fingerprint density at radius 3 is 3.11 bits per heavy atom. The number of hydrogen-bond acceptors (Lipinski definition) is 4. The molecule has 0 spiro atoms. The zero-order valence-corrected chi connectivity index (χ0v) is 4.78. The summed E-state index contributed by atoms with van der Waals surface area (Å²) >= 11 is 0. The van der Waals surface area contributed by atoms with Gasteiger partial charge in [-0.1, -0.05) is 0 Å². The molecule has 2 N–H and O–H groups in total. The molecule has 4 heteroatoms. The van der Waals surface area contributed by atoms with E-state index in [9.17, 15) is 0 Å². The number of aromatic nitrogens is 2. The van der Waals surface area contributed by atoms with Crippen molar-refractivity contribution in [1.29, 1.82) is 0 Å². The molecule has 0 aromatic carbocycles. The number of aliphatic hydroxyl groups is 1. The molecule has 0 radical (unpaired) electrons. The molecule has 1 rings (SSSR count). The van der Waals surface area contributed by atoms with Gasteiger partial charge >= 0.3 is 0 Å². The van der Waals surface area contributed by atoms with E-state index in [1.807, 2.05) is 0 Å². The number of anilines is 1. The quantitative estimate of drug-likeness (QED) is 0.539. The van der Waals surface area contributed by atoms with Gasteiger partial charge in [0.05, 0.1) is 0 Å². The van der Waals surface area contributed by atoms with E-state index in [1.165, 1.54) is 6.33 Å². The Kier molecular flexibility index (Phi) is 1.98. The molecule has 9 heavy (non-hydrogen) atoms. The van der Waals surface area contributed by atoms with E-state index in [1.54, 1.807) is 12.3 Å². The van der Waals surface area contributed by atoms with Crippen molar-refractivity contribution in [3.8, 4) is 0 Å². The minimum Gasteiger partial charge on any atom is -0.377 e. The van der Waals surface area contributed by atoms with Gasteiger partial charge in [0.2, 0.25) is 0 Å². The van der Waals surface area contributed by atoms with E-state index in [0.29, 0.717) is 5.82 Å².